The topological polar surface area (TPSA) is 111 Å². The Balaban J connectivity index is 2.18. The number of nitro groups is 1. The molecule has 1 aromatic carbocycles. The molecular weight excluding hydrogens is 259 g/mol. The Kier molecular flexibility index (Phi) is 3.46. The number of hydrogen-bond donors (Lipinski definition) is 1. The standard InChI is InChI=1S/C10H7FN4O4/c11-6-1-2-8(15(17)18)7(3-6)10(16)12-4-9-13-5-19-14-9/h1-3,5H,4H2,(H,12,16). The van der Waals surface area contributed by atoms with Crippen molar-refractivity contribution in [2.24, 2.45) is 0 Å². The van der Waals surface area contributed by atoms with Gasteiger partial charge in [0.25, 0.3) is 11.6 Å². The maximum atomic E-state index is 13.0. The molecule has 0 atom stereocenters. The number of benzene rings is 1. The second-order valence-corrected chi connectivity index (χ2v) is 3.45. The molecule has 0 aliphatic heterocycles. The van der Waals surface area contributed by atoms with Crippen molar-refractivity contribution in [1.82, 2.24) is 15.5 Å². The largest absolute Gasteiger partial charge is 0.344 e. The minimum absolute atomic E-state index is 0.0804. The normalized spacial score (nSPS) is 10.2. The van der Waals surface area contributed by atoms with Gasteiger partial charge in [-0.25, -0.2) is 4.39 Å². The number of amides is 1. The van der Waals surface area contributed by atoms with Crippen LogP contribution in [0.15, 0.2) is 29.1 Å². The van der Waals surface area contributed by atoms with Crippen LogP contribution >= 0.6 is 0 Å². The molecule has 2 rings (SSSR count). The summed E-state index contributed by atoms with van der Waals surface area (Å²) in [4.78, 5) is 25.4. The van der Waals surface area contributed by atoms with Gasteiger partial charge >= 0.3 is 0 Å². The van der Waals surface area contributed by atoms with Crippen LogP contribution in [0, 0.1) is 15.9 Å². The molecule has 1 N–H and O–H groups in total. The molecular formula is C10H7FN4O4. The molecule has 0 aliphatic rings. The fourth-order valence-electron chi connectivity index (χ4n) is 1.37. The molecule has 0 radical (unpaired) electrons. The Hall–Kier alpha value is -2.84. The van der Waals surface area contributed by atoms with E-state index in [0.717, 1.165) is 24.6 Å². The number of nitro benzene ring substituents is 1. The predicted molar refractivity (Wildman–Crippen MR) is 58.5 cm³/mol. The molecule has 2 aromatic rings. The highest BCUT2D eigenvalue weighted by Gasteiger charge is 2.20. The highest BCUT2D eigenvalue weighted by atomic mass is 19.1. The van der Waals surface area contributed by atoms with Crippen LogP contribution in [0.5, 0.6) is 0 Å². The Morgan fingerprint density at radius 1 is 1.53 bits per heavy atom. The van der Waals surface area contributed by atoms with E-state index in [2.05, 4.69) is 20.0 Å². The third-order valence-corrected chi connectivity index (χ3v) is 2.21. The maximum absolute atomic E-state index is 13.0. The van der Waals surface area contributed by atoms with Gasteiger partial charge in [0.2, 0.25) is 6.39 Å². The number of nitrogens with zero attached hydrogens (tertiary/aromatic N) is 3. The van der Waals surface area contributed by atoms with Crippen molar-refractivity contribution in [3.63, 3.8) is 0 Å². The first-order valence-electron chi connectivity index (χ1n) is 5.05. The summed E-state index contributed by atoms with van der Waals surface area (Å²) in [5.41, 5.74) is -0.847. The zero-order chi connectivity index (χ0) is 13.8. The van der Waals surface area contributed by atoms with E-state index in [4.69, 9.17) is 0 Å². The van der Waals surface area contributed by atoms with Gasteiger partial charge in [-0.1, -0.05) is 5.16 Å². The van der Waals surface area contributed by atoms with E-state index in [-0.39, 0.29) is 17.9 Å². The summed E-state index contributed by atoms with van der Waals surface area (Å²) < 4.78 is 17.5. The summed E-state index contributed by atoms with van der Waals surface area (Å²) in [6.45, 7) is -0.0804. The van der Waals surface area contributed by atoms with E-state index in [9.17, 15) is 19.3 Å². The molecule has 0 saturated carbocycles. The van der Waals surface area contributed by atoms with Crippen molar-refractivity contribution < 1.29 is 18.6 Å². The second kappa shape index (κ2) is 5.21. The van der Waals surface area contributed by atoms with Gasteiger partial charge in [0.05, 0.1) is 11.5 Å². The molecule has 9 heteroatoms. The third kappa shape index (κ3) is 2.89. The fraction of sp³-hybridized carbons (Fsp3) is 0.100. The number of halogens is 1. The minimum Gasteiger partial charge on any atom is -0.344 e. The van der Waals surface area contributed by atoms with Crippen LogP contribution in [0.3, 0.4) is 0 Å². The van der Waals surface area contributed by atoms with Gasteiger partial charge in [-0.2, -0.15) is 4.98 Å². The Labute approximate surface area is 105 Å². The minimum atomic E-state index is -0.795. The molecule has 1 aromatic heterocycles. The summed E-state index contributed by atoms with van der Waals surface area (Å²) in [6, 6.07) is 2.64. The van der Waals surface area contributed by atoms with Gasteiger partial charge in [0, 0.05) is 6.07 Å². The third-order valence-electron chi connectivity index (χ3n) is 2.21. The number of aromatic nitrogens is 2. The van der Waals surface area contributed by atoms with E-state index in [1.165, 1.54) is 0 Å². The first kappa shape index (κ1) is 12.6. The maximum Gasteiger partial charge on any atom is 0.282 e. The summed E-state index contributed by atoms with van der Waals surface area (Å²) in [7, 11) is 0. The first-order chi connectivity index (χ1) is 9.08. The Morgan fingerprint density at radius 3 is 2.95 bits per heavy atom. The quantitative estimate of drug-likeness (QED) is 0.653. The second-order valence-electron chi connectivity index (χ2n) is 3.45. The molecule has 1 heterocycles. The molecule has 0 unspecified atom stereocenters. The molecule has 0 spiro atoms. The number of carbonyl (C=O) groups is 1. The van der Waals surface area contributed by atoms with E-state index in [1.54, 1.807) is 0 Å². The van der Waals surface area contributed by atoms with Crippen molar-refractivity contribution in [1.29, 1.82) is 0 Å². The number of carbonyl (C=O) groups excluding carboxylic acids is 1. The fourth-order valence-corrected chi connectivity index (χ4v) is 1.37. The average molecular weight is 266 g/mol. The van der Waals surface area contributed by atoms with Gasteiger partial charge in [0.1, 0.15) is 11.4 Å². The first-order valence-corrected chi connectivity index (χ1v) is 5.05. The van der Waals surface area contributed by atoms with E-state index in [1.807, 2.05) is 0 Å². The van der Waals surface area contributed by atoms with Crippen molar-refractivity contribution >= 4 is 11.6 Å². The van der Waals surface area contributed by atoms with Crippen LogP contribution in [0.2, 0.25) is 0 Å². The summed E-state index contributed by atoms with van der Waals surface area (Å²) in [5, 5.41) is 16.5. The molecule has 0 saturated heterocycles. The van der Waals surface area contributed by atoms with Crippen molar-refractivity contribution in [2.45, 2.75) is 6.54 Å². The molecule has 0 aliphatic carbocycles. The summed E-state index contributed by atoms with van der Waals surface area (Å²) in [6.07, 6.45) is 1.08. The van der Waals surface area contributed by atoms with Gasteiger partial charge in [-0.05, 0) is 12.1 Å². The van der Waals surface area contributed by atoms with Crippen LogP contribution < -0.4 is 5.32 Å². The number of hydrogen-bond acceptors (Lipinski definition) is 6. The molecule has 8 nitrogen and oxygen atoms in total. The Morgan fingerprint density at radius 2 is 2.32 bits per heavy atom. The highest BCUT2D eigenvalue weighted by Crippen LogP contribution is 2.19. The molecule has 0 bridgehead atoms. The number of nitrogens with one attached hydrogen (secondary N) is 1. The number of rotatable bonds is 4. The average Bonchev–Trinajstić information content (AvgIpc) is 2.88. The van der Waals surface area contributed by atoms with E-state index >= 15 is 0 Å². The van der Waals surface area contributed by atoms with Gasteiger partial charge < -0.3 is 9.84 Å². The van der Waals surface area contributed by atoms with Crippen molar-refractivity contribution in [3.05, 3.63) is 51.9 Å². The van der Waals surface area contributed by atoms with Crippen LogP contribution in [-0.2, 0) is 6.54 Å². The van der Waals surface area contributed by atoms with Gasteiger partial charge in [-0.3, -0.25) is 14.9 Å². The smallest absolute Gasteiger partial charge is 0.282 e. The lowest BCUT2D eigenvalue weighted by Gasteiger charge is -2.03. The van der Waals surface area contributed by atoms with Crippen LogP contribution in [0.4, 0.5) is 10.1 Å². The van der Waals surface area contributed by atoms with Crippen LogP contribution in [-0.4, -0.2) is 21.0 Å². The SMILES string of the molecule is O=C(NCc1ncon1)c1cc(F)ccc1[N+](=O)[O-]. The molecule has 1 amide bonds. The monoisotopic (exact) mass is 266 g/mol. The lowest BCUT2D eigenvalue weighted by Crippen LogP contribution is -2.24. The van der Waals surface area contributed by atoms with Gasteiger partial charge in [0.15, 0.2) is 5.82 Å². The highest BCUT2D eigenvalue weighted by molar-refractivity contribution is 5.98. The summed E-state index contributed by atoms with van der Waals surface area (Å²) in [5.74, 6) is -1.33. The van der Waals surface area contributed by atoms with E-state index in [0.29, 0.717) is 0 Å². The summed E-state index contributed by atoms with van der Waals surface area (Å²) >= 11 is 0. The van der Waals surface area contributed by atoms with Crippen LogP contribution in [0.25, 0.3) is 0 Å². The molecule has 0 fully saturated rings. The molecule has 19 heavy (non-hydrogen) atoms. The lowest BCUT2D eigenvalue weighted by atomic mass is 10.1. The zero-order valence-electron chi connectivity index (χ0n) is 9.37. The Bertz CT molecular complexity index is 614. The van der Waals surface area contributed by atoms with Crippen molar-refractivity contribution in [3.8, 4) is 0 Å². The molecule has 98 valence electrons. The van der Waals surface area contributed by atoms with Gasteiger partial charge in [-0.15, -0.1) is 0 Å². The zero-order valence-corrected chi connectivity index (χ0v) is 9.37. The van der Waals surface area contributed by atoms with E-state index < -0.39 is 22.3 Å². The lowest BCUT2D eigenvalue weighted by molar-refractivity contribution is -0.385. The van der Waals surface area contributed by atoms with Crippen molar-refractivity contribution in [2.75, 3.05) is 0 Å². The predicted octanol–water partition coefficient (Wildman–Crippen LogP) is 1.05. The van der Waals surface area contributed by atoms with Crippen LogP contribution in [0.1, 0.15) is 16.2 Å².